The molecule has 0 aromatic heterocycles. The number of rotatable bonds is 7. The molecule has 1 N–H and O–H groups in total. The largest absolute Gasteiger partial charge is 0.445 e. The van der Waals surface area contributed by atoms with Crippen molar-refractivity contribution in [1.29, 1.82) is 0 Å². The lowest BCUT2D eigenvalue weighted by Gasteiger charge is -2.31. The zero-order valence-corrected chi connectivity index (χ0v) is 19.6. The van der Waals surface area contributed by atoms with Crippen LogP contribution in [0.1, 0.15) is 16.7 Å². The van der Waals surface area contributed by atoms with Crippen molar-refractivity contribution in [2.45, 2.75) is 31.8 Å². The van der Waals surface area contributed by atoms with Crippen LogP contribution in [0, 0.1) is 0 Å². The summed E-state index contributed by atoms with van der Waals surface area (Å²) in [7, 11) is 0. The van der Waals surface area contributed by atoms with Gasteiger partial charge in [0.15, 0.2) is 0 Å². The van der Waals surface area contributed by atoms with Crippen LogP contribution in [0.2, 0.25) is 10.0 Å². The van der Waals surface area contributed by atoms with Gasteiger partial charge in [-0.1, -0.05) is 89.9 Å². The van der Waals surface area contributed by atoms with Gasteiger partial charge in [0.25, 0.3) is 0 Å². The van der Waals surface area contributed by atoms with Crippen molar-refractivity contribution in [2.75, 3.05) is 13.1 Å². The minimum absolute atomic E-state index is 0.194. The lowest BCUT2D eigenvalue weighted by Crippen LogP contribution is -2.42. The Kier molecular flexibility index (Phi) is 7.89. The van der Waals surface area contributed by atoms with E-state index in [0.717, 1.165) is 16.7 Å². The Balaban J connectivity index is 1.49. The number of aliphatic hydroxyl groups excluding tert-OH is 1. The molecule has 2 atom stereocenters. The van der Waals surface area contributed by atoms with Crippen LogP contribution in [-0.4, -0.2) is 46.2 Å². The van der Waals surface area contributed by atoms with E-state index in [2.05, 4.69) is 4.90 Å². The SMILES string of the molecule is O=C(OCc1ccccc1)N1C[C@@H](O)[C@H](N(Cc2ccccc2)Cc2c(Cl)cccc2Cl)C1. The standard InChI is InChI=1S/C26H26Cl2N2O3/c27-22-12-7-13-23(28)21(22)15-29(14-19-8-3-1-4-9-19)24-16-30(17-25(24)31)26(32)33-18-20-10-5-2-6-11-20/h1-13,24-25,31H,14-18H2/t24-,25-/m1/s1. The number of halogens is 2. The molecule has 0 radical (unpaired) electrons. The van der Waals surface area contributed by atoms with Crippen molar-refractivity contribution in [3.8, 4) is 0 Å². The van der Waals surface area contributed by atoms with Gasteiger partial charge in [0.05, 0.1) is 18.7 Å². The van der Waals surface area contributed by atoms with Crippen LogP contribution in [-0.2, 0) is 24.4 Å². The summed E-state index contributed by atoms with van der Waals surface area (Å²) in [6.45, 7) is 1.78. The molecule has 0 unspecified atom stereocenters. The molecule has 3 aromatic rings. The maximum atomic E-state index is 12.7. The van der Waals surface area contributed by atoms with E-state index in [1.807, 2.05) is 78.9 Å². The highest BCUT2D eigenvalue weighted by molar-refractivity contribution is 6.35. The maximum Gasteiger partial charge on any atom is 0.410 e. The van der Waals surface area contributed by atoms with Crippen LogP contribution in [0.4, 0.5) is 4.79 Å². The first-order chi connectivity index (χ1) is 16.0. The Bertz CT molecular complexity index is 1050. The molecule has 33 heavy (non-hydrogen) atoms. The average Bonchev–Trinajstić information content (AvgIpc) is 3.22. The second kappa shape index (κ2) is 11.0. The fourth-order valence-corrected chi connectivity index (χ4v) is 4.60. The first-order valence-electron chi connectivity index (χ1n) is 10.9. The molecule has 1 heterocycles. The fourth-order valence-electron chi connectivity index (χ4n) is 4.08. The Morgan fingerprint density at radius 2 is 1.48 bits per heavy atom. The number of nitrogens with zero attached hydrogens (tertiary/aromatic N) is 2. The number of aliphatic hydroxyl groups is 1. The minimum atomic E-state index is -0.723. The molecule has 0 spiro atoms. The van der Waals surface area contributed by atoms with Crippen LogP contribution in [0.5, 0.6) is 0 Å². The van der Waals surface area contributed by atoms with Gasteiger partial charge >= 0.3 is 6.09 Å². The number of β-amino-alcohol motifs (C(OH)–C–C–N with tert-alkyl or cyclic N) is 1. The third kappa shape index (κ3) is 6.06. The Morgan fingerprint density at radius 1 is 0.879 bits per heavy atom. The number of ether oxygens (including phenoxy) is 1. The summed E-state index contributed by atoms with van der Waals surface area (Å²) in [5.41, 5.74) is 2.81. The van der Waals surface area contributed by atoms with E-state index in [1.54, 1.807) is 4.90 Å². The lowest BCUT2D eigenvalue weighted by atomic mass is 10.1. The van der Waals surface area contributed by atoms with Crippen molar-refractivity contribution in [3.05, 3.63) is 106 Å². The predicted molar refractivity (Wildman–Crippen MR) is 130 cm³/mol. The molecule has 0 aliphatic carbocycles. The van der Waals surface area contributed by atoms with Gasteiger partial charge in [-0.15, -0.1) is 0 Å². The molecule has 1 aliphatic rings. The van der Waals surface area contributed by atoms with Crippen LogP contribution in [0.3, 0.4) is 0 Å². The topological polar surface area (TPSA) is 53.0 Å². The first kappa shape index (κ1) is 23.6. The highest BCUT2D eigenvalue weighted by atomic mass is 35.5. The molecule has 1 saturated heterocycles. The molecular weight excluding hydrogens is 459 g/mol. The maximum absolute atomic E-state index is 12.7. The Labute approximate surface area is 204 Å². The molecule has 172 valence electrons. The summed E-state index contributed by atoms with van der Waals surface area (Å²) in [6.07, 6.45) is -1.16. The number of carbonyl (C=O) groups excluding carboxylic acids is 1. The summed E-state index contributed by atoms with van der Waals surface area (Å²) in [6, 6.07) is 24.7. The Morgan fingerprint density at radius 3 is 2.12 bits per heavy atom. The lowest BCUT2D eigenvalue weighted by molar-refractivity contribution is 0.0728. The summed E-state index contributed by atoms with van der Waals surface area (Å²) in [5.74, 6) is 0. The van der Waals surface area contributed by atoms with Crippen LogP contribution >= 0.6 is 23.2 Å². The molecular formula is C26H26Cl2N2O3. The van der Waals surface area contributed by atoms with Crippen molar-refractivity contribution in [2.24, 2.45) is 0 Å². The van der Waals surface area contributed by atoms with Gasteiger partial charge in [0, 0.05) is 35.2 Å². The van der Waals surface area contributed by atoms with Gasteiger partial charge in [-0.05, 0) is 23.3 Å². The molecule has 0 saturated carbocycles. The molecule has 4 rings (SSSR count). The monoisotopic (exact) mass is 484 g/mol. The van der Waals surface area contributed by atoms with Crippen molar-refractivity contribution >= 4 is 29.3 Å². The normalized spacial score (nSPS) is 18.0. The first-order valence-corrected chi connectivity index (χ1v) is 11.6. The fraction of sp³-hybridized carbons (Fsp3) is 0.269. The van der Waals surface area contributed by atoms with E-state index in [0.29, 0.717) is 29.7 Å². The van der Waals surface area contributed by atoms with E-state index in [9.17, 15) is 9.90 Å². The second-order valence-corrected chi connectivity index (χ2v) is 8.99. The van der Waals surface area contributed by atoms with Crippen molar-refractivity contribution in [3.63, 3.8) is 0 Å². The van der Waals surface area contributed by atoms with Gasteiger partial charge < -0.3 is 14.7 Å². The third-order valence-electron chi connectivity index (χ3n) is 5.84. The highest BCUT2D eigenvalue weighted by Gasteiger charge is 2.38. The molecule has 1 aliphatic heterocycles. The summed E-state index contributed by atoms with van der Waals surface area (Å²) < 4.78 is 5.48. The molecule has 1 amide bonds. The summed E-state index contributed by atoms with van der Waals surface area (Å²) >= 11 is 12.9. The van der Waals surface area contributed by atoms with E-state index in [4.69, 9.17) is 27.9 Å². The minimum Gasteiger partial charge on any atom is -0.445 e. The van der Waals surface area contributed by atoms with E-state index in [1.165, 1.54) is 0 Å². The number of amides is 1. The number of hydrogen-bond donors (Lipinski definition) is 1. The van der Waals surface area contributed by atoms with Crippen molar-refractivity contribution in [1.82, 2.24) is 9.80 Å². The molecule has 1 fully saturated rings. The summed E-state index contributed by atoms with van der Waals surface area (Å²) in [4.78, 5) is 16.4. The number of hydrogen-bond acceptors (Lipinski definition) is 4. The molecule has 3 aromatic carbocycles. The van der Waals surface area contributed by atoms with Crippen LogP contribution in [0.25, 0.3) is 0 Å². The number of benzene rings is 3. The van der Waals surface area contributed by atoms with Gasteiger partial charge in [0.2, 0.25) is 0 Å². The van der Waals surface area contributed by atoms with Gasteiger partial charge in [0.1, 0.15) is 6.61 Å². The van der Waals surface area contributed by atoms with Gasteiger partial charge in [-0.3, -0.25) is 4.90 Å². The third-order valence-corrected chi connectivity index (χ3v) is 6.55. The van der Waals surface area contributed by atoms with Crippen LogP contribution < -0.4 is 0 Å². The molecule has 0 bridgehead atoms. The van der Waals surface area contributed by atoms with E-state index >= 15 is 0 Å². The second-order valence-electron chi connectivity index (χ2n) is 8.17. The molecule has 5 nitrogen and oxygen atoms in total. The highest BCUT2D eigenvalue weighted by Crippen LogP contribution is 2.29. The zero-order chi connectivity index (χ0) is 23.2. The summed E-state index contributed by atoms with van der Waals surface area (Å²) in [5, 5.41) is 12.1. The zero-order valence-electron chi connectivity index (χ0n) is 18.1. The average molecular weight is 485 g/mol. The number of likely N-dealkylation sites (tertiary alicyclic amines) is 1. The van der Waals surface area contributed by atoms with Crippen LogP contribution in [0.15, 0.2) is 78.9 Å². The van der Waals surface area contributed by atoms with E-state index < -0.39 is 12.2 Å². The quantitative estimate of drug-likeness (QED) is 0.489. The van der Waals surface area contributed by atoms with Crippen molar-refractivity contribution < 1.29 is 14.6 Å². The molecule has 7 heteroatoms. The smallest absolute Gasteiger partial charge is 0.410 e. The van der Waals surface area contributed by atoms with Gasteiger partial charge in [-0.2, -0.15) is 0 Å². The predicted octanol–water partition coefficient (Wildman–Crippen LogP) is 5.38. The number of carbonyl (C=O) groups is 1. The Hall–Kier alpha value is -2.57. The van der Waals surface area contributed by atoms with E-state index in [-0.39, 0.29) is 19.2 Å². The van der Waals surface area contributed by atoms with Gasteiger partial charge in [-0.25, -0.2) is 4.79 Å².